The van der Waals surface area contributed by atoms with E-state index < -0.39 is 9.84 Å². The molecule has 1 aromatic heterocycles. The number of sulfone groups is 1. The van der Waals surface area contributed by atoms with Crippen LogP contribution in [0.1, 0.15) is 32.8 Å². The van der Waals surface area contributed by atoms with Gasteiger partial charge in [-0.05, 0) is 30.5 Å². The summed E-state index contributed by atoms with van der Waals surface area (Å²) in [4.78, 5) is 0. The Hall–Kier alpha value is -0.810. The van der Waals surface area contributed by atoms with E-state index in [0.29, 0.717) is 12.3 Å². The van der Waals surface area contributed by atoms with Crippen molar-refractivity contribution >= 4 is 9.84 Å². The van der Waals surface area contributed by atoms with Gasteiger partial charge in [-0.1, -0.05) is 20.8 Å². The average Bonchev–Trinajstić information content (AvgIpc) is 2.76. The summed E-state index contributed by atoms with van der Waals surface area (Å²) < 4.78 is 24.8. The number of aromatic nitrogens is 1. The Labute approximate surface area is 117 Å². The van der Waals surface area contributed by atoms with E-state index in [2.05, 4.69) is 36.0 Å². The summed E-state index contributed by atoms with van der Waals surface area (Å²) in [5, 5.41) is 3.39. The van der Waals surface area contributed by atoms with E-state index in [9.17, 15) is 8.42 Å². The van der Waals surface area contributed by atoms with Crippen LogP contribution < -0.4 is 5.32 Å². The second-order valence-corrected chi connectivity index (χ2v) is 7.84. The van der Waals surface area contributed by atoms with Crippen LogP contribution in [0.25, 0.3) is 0 Å². The molecule has 0 bridgehead atoms. The number of hydrogen-bond acceptors (Lipinski definition) is 3. The number of nitrogens with zero attached hydrogens (tertiary/aromatic N) is 1. The van der Waals surface area contributed by atoms with Crippen LogP contribution in [-0.4, -0.2) is 31.0 Å². The minimum absolute atomic E-state index is 0.239. The van der Waals surface area contributed by atoms with Crippen LogP contribution in [0.15, 0.2) is 18.5 Å². The van der Waals surface area contributed by atoms with Crippen LogP contribution >= 0.6 is 0 Å². The van der Waals surface area contributed by atoms with E-state index in [1.165, 1.54) is 5.56 Å². The van der Waals surface area contributed by atoms with Gasteiger partial charge in [0.2, 0.25) is 0 Å². The van der Waals surface area contributed by atoms with Crippen molar-refractivity contribution in [2.24, 2.45) is 5.92 Å². The minimum Gasteiger partial charge on any atom is -0.354 e. The predicted octanol–water partition coefficient (Wildman–Crippen LogP) is 2.06. The maximum atomic E-state index is 11.4. The van der Waals surface area contributed by atoms with E-state index in [1.807, 2.05) is 6.20 Å². The van der Waals surface area contributed by atoms with Gasteiger partial charge < -0.3 is 9.88 Å². The molecule has 0 spiro atoms. The van der Waals surface area contributed by atoms with Crippen LogP contribution in [0.3, 0.4) is 0 Å². The number of nitrogens with one attached hydrogen (secondary N) is 1. The number of rotatable bonds is 9. The summed E-state index contributed by atoms with van der Waals surface area (Å²) in [6, 6.07) is 2.08. The van der Waals surface area contributed by atoms with E-state index in [4.69, 9.17) is 0 Å². The lowest BCUT2D eigenvalue weighted by atomic mass is 10.2. The van der Waals surface area contributed by atoms with E-state index in [-0.39, 0.29) is 11.5 Å². The first-order valence-electron chi connectivity index (χ1n) is 6.98. The van der Waals surface area contributed by atoms with Crippen molar-refractivity contribution in [2.75, 3.05) is 18.1 Å². The molecule has 0 aliphatic rings. The molecule has 0 aliphatic carbocycles. The van der Waals surface area contributed by atoms with E-state index in [0.717, 1.165) is 19.6 Å². The standard InChI is InChI=1S/C14H26N2O2S/c1-4-19(17,18)9-5-7-16-8-6-14(12-16)11-15-10-13(2)3/h6,8,12-13,15H,4-5,7,9-11H2,1-3H3. The molecule has 19 heavy (non-hydrogen) atoms. The molecule has 0 atom stereocenters. The maximum Gasteiger partial charge on any atom is 0.150 e. The van der Waals surface area contributed by atoms with Crippen molar-refractivity contribution in [3.63, 3.8) is 0 Å². The fourth-order valence-electron chi connectivity index (χ4n) is 1.85. The molecule has 0 amide bonds. The van der Waals surface area contributed by atoms with Gasteiger partial charge in [-0.3, -0.25) is 0 Å². The van der Waals surface area contributed by atoms with Crippen LogP contribution in [0.4, 0.5) is 0 Å². The quantitative estimate of drug-likeness (QED) is 0.756. The maximum absolute atomic E-state index is 11.4. The Morgan fingerprint density at radius 3 is 2.74 bits per heavy atom. The third kappa shape index (κ3) is 6.78. The van der Waals surface area contributed by atoms with Crippen LogP contribution in [0.5, 0.6) is 0 Å². The summed E-state index contributed by atoms with van der Waals surface area (Å²) >= 11 is 0. The lowest BCUT2D eigenvalue weighted by Crippen LogP contribution is -2.18. The molecule has 110 valence electrons. The highest BCUT2D eigenvalue weighted by Crippen LogP contribution is 2.04. The molecule has 0 fully saturated rings. The van der Waals surface area contributed by atoms with Crippen molar-refractivity contribution in [3.8, 4) is 0 Å². The van der Waals surface area contributed by atoms with Crippen molar-refractivity contribution < 1.29 is 8.42 Å². The Morgan fingerprint density at radius 2 is 2.11 bits per heavy atom. The van der Waals surface area contributed by atoms with Gasteiger partial charge in [0, 0.05) is 31.2 Å². The number of hydrogen-bond donors (Lipinski definition) is 1. The number of aryl methyl sites for hydroxylation is 1. The van der Waals surface area contributed by atoms with Gasteiger partial charge in [-0.25, -0.2) is 8.42 Å². The van der Waals surface area contributed by atoms with Gasteiger partial charge in [0.15, 0.2) is 0 Å². The fourth-order valence-corrected chi connectivity index (χ4v) is 2.71. The van der Waals surface area contributed by atoms with Gasteiger partial charge in [-0.15, -0.1) is 0 Å². The summed E-state index contributed by atoms with van der Waals surface area (Å²) in [6.07, 6.45) is 4.79. The Bertz CT molecular complexity index is 464. The first-order valence-corrected chi connectivity index (χ1v) is 8.81. The first-order chi connectivity index (χ1) is 8.93. The highest BCUT2D eigenvalue weighted by Gasteiger charge is 2.06. The zero-order valence-corrected chi connectivity index (χ0v) is 13.0. The summed E-state index contributed by atoms with van der Waals surface area (Å²) in [5.74, 6) is 1.17. The first kappa shape index (κ1) is 16.2. The van der Waals surface area contributed by atoms with Crippen LogP contribution in [0.2, 0.25) is 0 Å². The molecule has 0 aromatic carbocycles. The van der Waals surface area contributed by atoms with E-state index >= 15 is 0 Å². The van der Waals surface area contributed by atoms with Crippen molar-refractivity contribution in [3.05, 3.63) is 24.0 Å². The molecule has 0 saturated heterocycles. The second kappa shape index (κ2) is 7.70. The van der Waals surface area contributed by atoms with Gasteiger partial charge in [0.05, 0.1) is 5.75 Å². The van der Waals surface area contributed by atoms with Gasteiger partial charge >= 0.3 is 0 Å². The lowest BCUT2D eigenvalue weighted by Gasteiger charge is -2.06. The molecule has 5 heteroatoms. The van der Waals surface area contributed by atoms with Crippen molar-refractivity contribution in [1.29, 1.82) is 0 Å². The third-order valence-corrected chi connectivity index (χ3v) is 4.80. The lowest BCUT2D eigenvalue weighted by molar-refractivity contribution is 0.551. The average molecular weight is 286 g/mol. The zero-order valence-electron chi connectivity index (χ0n) is 12.2. The molecule has 0 radical (unpaired) electrons. The van der Waals surface area contributed by atoms with E-state index in [1.54, 1.807) is 6.92 Å². The Balaban J connectivity index is 2.31. The smallest absolute Gasteiger partial charge is 0.150 e. The fraction of sp³-hybridized carbons (Fsp3) is 0.714. The molecule has 1 heterocycles. The van der Waals surface area contributed by atoms with Gasteiger partial charge in [0.25, 0.3) is 0 Å². The summed E-state index contributed by atoms with van der Waals surface area (Å²) in [5.41, 5.74) is 1.25. The second-order valence-electron chi connectivity index (χ2n) is 5.37. The molecule has 0 aliphatic heterocycles. The van der Waals surface area contributed by atoms with Gasteiger partial charge in [-0.2, -0.15) is 0 Å². The predicted molar refractivity (Wildman–Crippen MR) is 79.9 cm³/mol. The van der Waals surface area contributed by atoms with Crippen molar-refractivity contribution in [2.45, 2.75) is 40.3 Å². The van der Waals surface area contributed by atoms with Gasteiger partial charge in [0.1, 0.15) is 9.84 Å². The Morgan fingerprint density at radius 1 is 1.37 bits per heavy atom. The highest BCUT2D eigenvalue weighted by atomic mass is 32.2. The zero-order chi connectivity index (χ0) is 14.3. The molecular weight excluding hydrogens is 260 g/mol. The minimum atomic E-state index is -2.83. The molecular formula is C14H26N2O2S. The van der Waals surface area contributed by atoms with Crippen LogP contribution in [-0.2, 0) is 22.9 Å². The monoisotopic (exact) mass is 286 g/mol. The molecule has 0 unspecified atom stereocenters. The summed E-state index contributed by atoms with van der Waals surface area (Å²) in [6.45, 7) is 8.73. The molecule has 1 rings (SSSR count). The molecule has 4 nitrogen and oxygen atoms in total. The largest absolute Gasteiger partial charge is 0.354 e. The SMILES string of the molecule is CCS(=O)(=O)CCCn1ccc(CNCC(C)C)c1. The Kier molecular flexibility index (Phi) is 6.58. The molecule has 1 aromatic rings. The molecule has 1 N–H and O–H groups in total. The third-order valence-electron chi connectivity index (χ3n) is 3.00. The normalized spacial score (nSPS) is 12.2. The summed E-state index contributed by atoms with van der Waals surface area (Å²) in [7, 11) is -2.83. The highest BCUT2D eigenvalue weighted by molar-refractivity contribution is 7.91. The van der Waals surface area contributed by atoms with Crippen molar-refractivity contribution in [1.82, 2.24) is 9.88 Å². The topological polar surface area (TPSA) is 51.1 Å². The molecule has 0 saturated carbocycles. The van der Waals surface area contributed by atoms with Crippen LogP contribution in [0, 0.1) is 5.92 Å².